The van der Waals surface area contributed by atoms with Gasteiger partial charge in [-0.15, -0.1) is 0 Å². The molecule has 1 heterocycles. The summed E-state index contributed by atoms with van der Waals surface area (Å²) < 4.78 is 1.75. The minimum Gasteiger partial charge on any atom is -0.398 e. The van der Waals surface area contributed by atoms with Crippen LogP contribution < -0.4 is 16.4 Å². The van der Waals surface area contributed by atoms with Crippen molar-refractivity contribution in [2.24, 2.45) is 0 Å². The summed E-state index contributed by atoms with van der Waals surface area (Å²) >= 11 is 0. The summed E-state index contributed by atoms with van der Waals surface area (Å²) in [6.07, 6.45) is 4.44. The van der Waals surface area contributed by atoms with Gasteiger partial charge in [-0.25, -0.2) is 0 Å². The molecule has 0 fully saturated rings. The molecule has 0 atom stereocenters. The fraction of sp³-hybridized carbons (Fsp3) is 0.227. The van der Waals surface area contributed by atoms with E-state index in [1.165, 1.54) is 5.56 Å². The number of nitrogens with one attached hydrogen (secondary N) is 3. The summed E-state index contributed by atoms with van der Waals surface area (Å²) in [5.41, 5.74) is 9.38. The maximum Gasteiger partial charge on any atom is 0.274 e. The van der Waals surface area contributed by atoms with Gasteiger partial charge in [0.1, 0.15) is 5.71 Å². The largest absolute Gasteiger partial charge is 0.398 e. The highest BCUT2D eigenvalue weighted by molar-refractivity contribution is 6.48. The maximum atomic E-state index is 12.3. The molecule has 0 spiro atoms. The number of carbonyl (C=O) groups excluding carboxylic acids is 1. The van der Waals surface area contributed by atoms with Crippen LogP contribution in [0, 0.1) is 5.41 Å². The second-order valence-electron chi connectivity index (χ2n) is 6.84. The third-order valence-electron chi connectivity index (χ3n) is 4.47. The van der Waals surface area contributed by atoms with Crippen LogP contribution in [0.5, 0.6) is 0 Å². The number of nitrogens with two attached hydrogens (primary N) is 1. The van der Waals surface area contributed by atoms with Crippen molar-refractivity contribution in [3.8, 4) is 0 Å². The average Bonchev–Trinajstić information content (AvgIpc) is 3.16. The van der Waals surface area contributed by atoms with Gasteiger partial charge in [-0.3, -0.25) is 14.9 Å². The molecule has 5 N–H and O–H groups in total. The van der Waals surface area contributed by atoms with Crippen LogP contribution in [-0.4, -0.2) is 27.9 Å². The van der Waals surface area contributed by atoms with Crippen molar-refractivity contribution in [3.63, 3.8) is 0 Å². The van der Waals surface area contributed by atoms with Gasteiger partial charge >= 0.3 is 0 Å². The Bertz CT molecular complexity index is 991. The molecule has 7 heteroatoms. The molecule has 0 saturated heterocycles. The number of carbonyl (C=O) groups is 1. The van der Waals surface area contributed by atoms with Gasteiger partial charge in [0.15, 0.2) is 0 Å². The minimum absolute atomic E-state index is 0. The van der Waals surface area contributed by atoms with E-state index in [2.05, 4.69) is 46.9 Å². The standard InChI is InChI=1S/C22H26N6O.3H2/c1-2-11-25-12-16-7-9-17(10-8-16)14-28-15-18(13-26-28)27-22(29)21(24)19-5-3-4-6-20(19)23;;;/h3-10,13,15,24-25H,2,11-12,14,23H2,1H3,(H,27,29);3*1H. The van der Waals surface area contributed by atoms with E-state index >= 15 is 0 Å². The molecule has 0 aliphatic rings. The Morgan fingerprint density at radius 2 is 1.90 bits per heavy atom. The second kappa shape index (κ2) is 9.66. The Labute approximate surface area is 174 Å². The predicted octanol–water partition coefficient (Wildman–Crippen LogP) is 3.76. The fourth-order valence-corrected chi connectivity index (χ4v) is 2.91. The third-order valence-corrected chi connectivity index (χ3v) is 4.47. The Hall–Kier alpha value is -3.45. The molecule has 0 unspecified atom stereocenters. The molecule has 3 aromatic rings. The Morgan fingerprint density at radius 3 is 2.62 bits per heavy atom. The van der Waals surface area contributed by atoms with Crippen molar-refractivity contribution in [1.82, 2.24) is 15.1 Å². The van der Waals surface area contributed by atoms with Crippen LogP contribution in [0.15, 0.2) is 60.9 Å². The number of hydrogen-bond acceptors (Lipinski definition) is 5. The first-order valence-electron chi connectivity index (χ1n) is 9.62. The van der Waals surface area contributed by atoms with E-state index in [1.54, 1.807) is 41.3 Å². The van der Waals surface area contributed by atoms with Gasteiger partial charge in [-0.1, -0.05) is 49.4 Å². The first kappa shape index (κ1) is 20.3. The van der Waals surface area contributed by atoms with Gasteiger partial charge in [0.25, 0.3) is 5.91 Å². The molecule has 2 aromatic carbocycles. The molecule has 1 aromatic heterocycles. The highest BCUT2D eigenvalue weighted by atomic mass is 16.1. The van der Waals surface area contributed by atoms with Gasteiger partial charge < -0.3 is 16.4 Å². The van der Waals surface area contributed by atoms with E-state index in [4.69, 9.17) is 11.1 Å². The number of hydrogen-bond donors (Lipinski definition) is 4. The lowest BCUT2D eigenvalue weighted by Gasteiger charge is -2.07. The first-order valence-corrected chi connectivity index (χ1v) is 9.62. The zero-order valence-electron chi connectivity index (χ0n) is 16.5. The second-order valence-corrected chi connectivity index (χ2v) is 6.84. The zero-order chi connectivity index (χ0) is 20.6. The summed E-state index contributed by atoms with van der Waals surface area (Å²) in [5, 5.41) is 18.4. The van der Waals surface area contributed by atoms with Gasteiger partial charge in [0, 0.05) is 28.3 Å². The number of aromatic nitrogens is 2. The van der Waals surface area contributed by atoms with Crippen molar-refractivity contribution in [1.29, 1.82) is 5.41 Å². The highest BCUT2D eigenvalue weighted by Gasteiger charge is 2.15. The number of benzene rings is 2. The monoisotopic (exact) mass is 396 g/mol. The van der Waals surface area contributed by atoms with Crippen molar-refractivity contribution < 1.29 is 9.07 Å². The number of anilines is 2. The molecule has 3 rings (SSSR count). The van der Waals surface area contributed by atoms with E-state index in [1.807, 2.05) is 0 Å². The van der Waals surface area contributed by atoms with Gasteiger partial charge in [-0.2, -0.15) is 5.10 Å². The molecule has 0 radical (unpaired) electrons. The fourth-order valence-electron chi connectivity index (χ4n) is 2.91. The SMILES string of the molecule is CCCNCc1ccc(Cn2cc(NC(=O)C(=N)c3ccccc3N)cn2)cc1.[HH].[HH].[HH]. The Kier molecular flexibility index (Phi) is 6.76. The van der Waals surface area contributed by atoms with E-state index in [0.717, 1.165) is 25.1 Å². The maximum absolute atomic E-state index is 12.3. The first-order chi connectivity index (χ1) is 14.1. The highest BCUT2D eigenvalue weighted by Crippen LogP contribution is 2.14. The van der Waals surface area contributed by atoms with Crippen molar-refractivity contribution >= 4 is 23.0 Å². The van der Waals surface area contributed by atoms with E-state index in [-0.39, 0.29) is 9.99 Å². The third kappa shape index (κ3) is 5.52. The summed E-state index contributed by atoms with van der Waals surface area (Å²) in [5.74, 6) is -0.522. The van der Waals surface area contributed by atoms with Crippen LogP contribution in [0.25, 0.3) is 0 Å². The molecule has 1 amide bonds. The number of amides is 1. The van der Waals surface area contributed by atoms with Gasteiger partial charge in [-0.05, 0) is 30.2 Å². The zero-order valence-corrected chi connectivity index (χ0v) is 16.5. The van der Waals surface area contributed by atoms with Gasteiger partial charge in [0.05, 0.1) is 18.4 Å². The lowest BCUT2D eigenvalue weighted by atomic mass is 10.1. The topological polar surface area (TPSA) is 109 Å². The van der Waals surface area contributed by atoms with Crippen molar-refractivity contribution in [2.75, 3.05) is 17.6 Å². The molecule has 0 aliphatic carbocycles. The van der Waals surface area contributed by atoms with Crippen LogP contribution in [0.4, 0.5) is 11.4 Å². The molecule has 0 aliphatic heterocycles. The van der Waals surface area contributed by atoms with Crippen LogP contribution in [0.3, 0.4) is 0 Å². The van der Waals surface area contributed by atoms with Crippen LogP contribution in [0.1, 0.15) is 34.3 Å². The van der Waals surface area contributed by atoms with E-state index in [9.17, 15) is 4.79 Å². The normalized spacial score (nSPS) is 10.7. The number of nitrogen functional groups attached to an aromatic ring is 1. The minimum atomic E-state index is -0.522. The predicted molar refractivity (Wildman–Crippen MR) is 122 cm³/mol. The summed E-state index contributed by atoms with van der Waals surface area (Å²) in [7, 11) is 0. The Morgan fingerprint density at radius 1 is 1.17 bits per heavy atom. The van der Waals surface area contributed by atoms with Crippen molar-refractivity contribution in [2.45, 2.75) is 26.4 Å². The van der Waals surface area contributed by atoms with Crippen LogP contribution in [-0.2, 0) is 17.9 Å². The average molecular weight is 397 g/mol. The summed E-state index contributed by atoms with van der Waals surface area (Å²) in [4.78, 5) is 12.3. The molecule has 156 valence electrons. The number of rotatable bonds is 9. The van der Waals surface area contributed by atoms with Crippen LogP contribution >= 0.6 is 0 Å². The van der Waals surface area contributed by atoms with E-state index in [0.29, 0.717) is 23.5 Å². The lowest BCUT2D eigenvalue weighted by Crippen LogP contribution is -2.23. The van der Waals surface area contributed by atoms with Crippen molar-refractivity contribution in [3.05, 3.63) is 77.6 Å². The molecular weight excluding hydrogens is 364 g/mol. The molecule has 0 bridgehead atoms. The lowest BCUT2D eigenvalue weighted by molar-refractivity contribution is -0.110. The number of para-hydroxylation sites is 1. The Balaban J connectivity index is 0.00000320. The smallest absolute Gasteiger partial charge is 0.274 e. The van der Waals surface area contributed by atoms with E-state index < -0.39 is 5.91 Å². The van der Waals surface area contributed by atoms with Gasteiger partial charge in [0.2, 0.25) is 0 Å². The molecular formula is C22H32N6O. The molecule has 7 nitrogen and oxygen atoms in total. The number of nitrogens with zero attached hydrogens (tertiary/aromatic N) is 2. The summed E-state index contributed by atoms with van der Waals surface area (Å²) in [6.45, 7) is 4.63. The quantitative estimate of drug-likeness (QED) is 0.251. The summed E-state index contributed by atoms with van der Waals surface area (Å²) in [6, 6.07) is 15.2. The molecule has 0 saturated carbocycles. The molecule has 29 heavy (non-hydrogen) atoms. The van der Waals surface area contributed by atoms with Crippen LogP contribution in [0.2, 0.25) is 0 Å².